The Labute approximate surface area is 114 Å². The van der Waals surface area contributed by atoms with Gasteiger partial charge in [0.05, 0.1) is 0 Å². The molecule has 0 amide bonds. The maximum absolute atomic E-state index is 10.7. The van der Waals surface area contributed by atoms with Crippen molar-refractivity contribution in [3.05, 3.63) is 23.8 Å². The molecule has 0 aliphatic heterocycles. The topological polar surface area (TPSA) is 89.8 Å². The van der Waals surface area contributed by atoms with Crippen LogP contribution < -0.4 is 5.32 Å². The minimum Gasteiger partial charge on any atom is -0.504 e. The Morgan fingerprint density at radius 2 is 1.68 bits per heavy atom. The molecular weight excluding hydrogens is 246 g/mol. The van der Waals surface area contributed by atoms with Gasteiger partial charge in [-0.2, -0.15) is 0 Å². The Morgan fingerprint density at radius 1 is 1.16 bits per heavy atom. The standard InChI is InChI=1S/C10H13NO4.2C2H6/c1-11-7(10(14)15)4-6-2-3-8(12)9(13)5-6;2*1-2/h2-3,5,7,11-13H,4H2,1H3,(H,14,15);2*1-2H3/t7-;;/m0../s1. The predicted molar refractivity (Wildman–Crippen MR) is 76.7 cm³/mol. The van der Waals surface area contributed by atoms with Gasteiger partial charge >= 0.3 is 5.97 Å². The summed E-state index contributed by atoms with van der Waals surface area (Å²) < 4.78 is 0. The molecule has 0 aromatic heterocycles. The Hall–Kier alpha value is -1.75. The van der Waals surface area contributed by atoms with Crippen LogP contribution in [-0.4, -0.2) is 34.4 Å². The van der Waals surface area contributed by atoms with Crippen LogP contribution in [0.4, 0.5) is 0 Å². The van der Waals surface area contributed by atoms with E-state index in [1.807, 2.05) is 27.7 Å². The number of nitrogens with one attached hydrogen (secondary N) is 1. The van der Waals surface area contributed by atoms with Crippen molar-refractivity contribution in [2.24, 2.45) is 0 Å². The lowest BCUT2D eigenvalue weighted by atomic mass is 10.1. The van der Waals surface area contributed by atoms with Crippen LogP contribution in [0.2, 0.25) is 0 Å². The molecule has 0 bridgehead atoms. The van der Waals surface area contributed by atoms with Gasteiger partial charge in [0.1, 0.15) is 6.04 Å². The second-order valence-electron chi connectivity index (χ2n) is 3.21. The number of carboxylic acid groups (broad SMARTS) is 1. The molecular formula is C14H25NO4. The third-order valence-corrected chi connectivity index (χ3v) is 2.13. The van der Waals surface area contributed by atoms with Crippen LogP contribution in [0.15, 0.2) is 18.2 Å². The predicted octanol–water partition coefficient (Wildman–Crippen LogP) is 2.37. The zero-order valence-electron chi connectivity index (χ0n) is 12.3. The van der Waals surface area contributed by atoms with E-state index in [0.717, 1.165) is 0 Å². The van der Waals surface area contributed by atoms with Crippen LogP contribution in [-0.2, 0) is 11.2 Å². The van der Waals surface area contributed by atoms with Crippen LogP contribution in [0.1, 0.15) is 33.3 Å². The number of benzene rings is 1. The molecule has 0 saturated heterocycles. The van der Waals surface area contributed by atoms with Crippen LogP contribution in [0.25, 0.3) is 0 Å². The quantitative estimate of drug-likeness (QED) is 0.631. The van der Waals surface area contributed by atoms with E-state index < -0.39 is 12.0 Å². The van der Waals surface area contributed by atoms with E-state index in [4.69, 9.17) is 10.2 Å². The van der Waals surface area contributed by atoms with Gasteiger partial charge < -0.3 is 20.6 Å². The van der Waals surface area contributed by atoms with Gasteiger partial charge in [0.25, 0.3) is 0 Å². The number of hydrogen-bond acceptors (Lipinski definition) is 4. The van der Waals surface area contributed by atoms with Crippen molar-refractivity contribution in [1.29, 1.82) is 0 Å². The van der Waals surface area contributed by atoms with Gasteiger partial charge in [-0.15, -0.1) is 0 Å². The first kappa shape index (κ1) is 19.6. The van der Waals surface area contributed by atoms with E-state index in [1.54, 1.807) is 13.1 Å². The lowest BCUT2D eigenvalue weighted by molar-refractivity contribution is -0.139. The fourth-order valence-electron chi connectivity index (χ4n) is 1.24. The van der Waals surface area contributed by atoms with E-state index in [-0.39, 0.29) is 17.9 Å². The summed E-state index contributed by atoms with van der Waals surface area (Å²) in [5.41, 5.74) is 0.645. The number of aromatic hydroxyl groups is 2. The average Bonchev–Trinajstić information content (AvgIpc) is 2.44. The van der Waals surface area contributed by atoms with Crippen molar-refractivity contribution in [3.63, 3.8) is 0 Å². The molecule has 0 aliphatic carbocycles. The molecule has 0 fully saturated rings. The van der Waals surface area contributed by atoms with Gasteiger partial charge in [0, 0.05) is 0 Å². The van der Waals surface area contributed by atoms with Crippen molar-refractivity contribution >= 4 is 5.97 Å². The molecule has 0 saturated carbocycles. The highest BCUT2D eigenvalue weighted by molar-refractivity contribution is 5.73. The second kappa shape index (κ2) is 11.3. The van der Waals surface area contributed by atoms with Crippen molar-refractivity contribution in [3.8, 4) is 11.5 Å². The number of hydrogen-bond donors (Lipinski definition) is 4. The summed E-state index contributed by atoms with van der Waals surface area (Å²) in [6.45, 7) is 8.00. The monoisotopic (exact) mass is 271 g/mol. The summed E-state index contributed by atoms with van der Waals surface area (Å²) in [6, 6.07) is 3.55. The molecule has 0 radical (unpaired) electrons. The average molecular weight is 271 g/mol. The van der Waals surface area contributed by atoms with E-state index in [2.05, 4.69) is 5.32 Å². The maximum atomic E-state index is 10.7. The highest BCUT2D eigenvalue weighted by Gasteiger charge is 2.15. The molecule has 0 spiro atoms. The third-order valence-electron chi connectivity index (χ3n) is 2.13. The Bertz CT molecular complexity index is 366. The number of phenolic OH excluding ortho intramolecular Hbond substituents is 2. The molecule has 110 valence electrons. The zero-order valence-corrected chi connectivity index (χ0v) is 12.3. The molecule has 5 nitrogen and oxygen atoms in total. The lowest BCUT2D eigenvalue weighted by Crippen LogP contribution is -2.35. The summed E-state index contributed by atoms with van der Waals surface area (Å²) in [4.78, 5) is 10.7. The van der Waals surface area contributed by atoms with Gasteiger partial charge in [-0.3, -0.25) is 4.79 Å². The third kappa shape index (κ3) is 7.31. The Morgan fingerprint density at radius 3 is 2.05 bits per heavy atom. The van der Waals surface area contributed by atoms with Crippen LogP contribution in [0, 0.1) is 0 Å². The summed E-state index contributed by atoms with van der Waals surface area (Å²) in [6.07, 6.45) is 0.250. The van der Waals surface area contributed by atoms with Gasteiger partial charge in [-0.1, -0.05) is 33.8 Å². The molecule has 4 N–H and O–H groups in total. The lowest BCUT2D eigenvalue weighted by Gasteiger charge is -2.11. The fraction of sp³-hybridized carbons (Fsp3) is 0.500. The number of aliphatic carboxylic acids is 1. The maximum Gasteiger partial charge on any atom is 0.321 e. The minimum atomic E-state index is -0.954. The minimum absolute atomic E-state index is 0.213. The van der Waals surface area contributed by atoms with Gasteiger partial charge in [-0.05, 0) is 31.2 Å². The van der Waals surface area contributed by atoms with Crippen molar-refractivity contribution in [2.75, 3.05) is 7.05 Å². The molecule has 19 heavy (non-hydrogen) atoms. The van der Waals surface area contributed by atoms with Gasteiger partial charge in [0.15, 0.2) is 11.5 Å². The van der Waals surface area contributed by atoms with Crippen molar-refractivity contribution < 1.29 is 20.1 Å². The zero-order chi connectivity index (χ0) is 15.4. The first-order valence-corrected chi connectivity index (χ1v) is 6.45. The highest BCUT2D eigenvalue weighted by Crippen LogP contribution is 2.25. The number of rotatable bonds is 4. The largest absolute Gasteiger partial charge is 0.504 e. The van der Waals surface area contributed by atoms with Crippen molar-refractivity contribution in [2.45, 2.75) is 40.2 Å². The molecule has 5 heteroatoms. The number of likely N-dealkylation sites (N-methyl/N-ethyl adjacent to an activating group) is 1. The molecule has 0 unspecified atom stereocenters. The van der Waals surface area contributed by atoms with E-state index in [0.29, 0.717) is 5.56 Å². The fourth-order valence-corrected chi connectivity index (χ4v) is 1.24. The van der Waals surface area contributed by atoms with E-state index in [9.17, 15) is 9.90 Å². The molecule has 1 aromatic carbocycles. The molecule has 1 atom stereocenters. The molecule has 1 aromatic rings. The Balaban J connectivity index is 0. The number of carboxylic acids is 1. The highest BCUT2D eigenvalue weighted by atomic mass is 16.4. The van der Waals surface area contributed by atoms with Gasteiger partial charge in [-0.25, -0.2) is 0 Å². The second-order valence-corrected chi connectivity index (χ2v) is 3.21. The molecule has 0 aliphatic rings. The van der Waals surface area contributed by atoms with Crippen LogP contribution in [0.5, 0.6) is 11.5 Å². The van der Waals surface area contributed by atoms with Gasteiger partial charge in [0.2, 0.25) is 0 Å². The summed E-state index contributed by atoms with van der Waals surface area (Å²) in [5, 5.41) is 29.7. The van der Waals surface area contributed by atoms with Crippen molar-refractivity contribution in [1.82, 2.24) is 5.32 Å². The number of carbonyl (C=O) groups is 1. The summed E-state index contributed by atoms with van der Waals surface area (Å²) >= 11 is 0. The van der Waals surface area contributed by atoms with Crippen LogP contribution in [0.3, 0.4) is 0 Å². The normalized spacial score (nSPS) is 10.4. The first-order valence-electron chi connectivity index (χ1n) is 6.45. The summed E-state index contributed by atoms with van der Waals surface area (Å²) in [7, 11) is 1.55. The number of phenols is 2. The van der Waals surface area contributed by atoms with Crippen LogP contribution >= 0.6 is 0 Å². The van der Waals surface area contributed by atoms with E-state index in [1.165, 1.54) is 12.1 Å². The Kier molecular flexibility index (Phi) is 11.7. The smallest absolute Gasteiger partial charge is 0.321 e. The molecule has 0 heterocycles. The summed E-state index contributed by atoms with van der Waals surface area (Å²) in [5.74, 6) is -1.41. The first-order chi connectivity index (χ1) is 9.04. The SMILES string of the molecule is CC.CC.CN[C@@H](Cc1ccc(O)c(O)c1)C(=O)O. The molecule has 1 rings (SSSR count). The van der Waals surface area contributed by atoms with E-state index >= 15 is 0 Å².